The maximum atomic E-state index is 13.4. The molecule has 2 aromatic rings. The predicted molar refractivity (Wildman–Crippen MR) is 100 cm³/mol. The third-order valence-corrected chi connectivity index (χ3v) is 4.83. The van der Waals surface area contributed by atoms with Crippen molar-refractivity contribution in [2.24, 2.45) is 0 Å². The topological polar surface area (TPSA) is 58.6 Å². The van der Waals surface area contributed by atoms with E-state index >= 15 is 0 Å². The minimum Gasteiger partial charge on any atom is -0.496 e. The third kappa shape index (κ3) is 3.72. The van der Waals surface area contributed by atoms with E-state index in [9.17, 15) is 14.0 Å². The van der Waals surface area contributed by atoms with E-state index in [0.717, 1.165) is 27.8 Å². The summed E-state index contributed by atoms with van der Waals surface area (Å²) in [5.74, 6) is -0.163. The Morgan fingerprint density at radius 2 is 2.00 bits per heavy atom. The van der Waals surface area contributed by atoms with Gasteiger partial charge in [-0.25, -0.2) is 4.39 Å². The molecule has 0 unspecified atom stereocenters. The van der Waals surface area contributed by atoms with Crippen LogP contribution < -0.4 is 10.1 Å². The second kappa shape index (κ2) is 7.61. The molecule has 0 aliphatic carbocycles. The molecule has 1 heterocycles. The standard InChI is InChI=1S/C19H17FN2O3S/c1-12-7-8-14(20)10-15(12)21-11-22-18(23)17(26-19(22)24)9-13-5-3-4-6-16(13)25-2/h3-10,21H,11H2,1-2H3/b17-9+. The molecule has 7 heteroatoms. The van der Waals surface area contributed by atoms with E-state index in [-0.39, 0.29) is 17.7 Å². The average Bonchev–Trinajstić information content (AvgIpc) is 2.89. The van der Waals surface area contributed by atoms with Crippen LogP contribution in [-0.2, 0) is 4.79 Å². The molecule has 0 bridgehead atoms. The van der Waals surface area contributed by atoms with Crippen LogP contribution >= 0.6 is 11.8 Å². The number of methoxy groups -OCH3 is 1. The fourth-order valence-electron chi connectivity index (χ4n) is 2.51. The van der Waals surface area contributed by atoms with Crippen molar-refractivity contribution in [1.29, 1.82) is 0 Å². The molecule has 0 aromatic heterocycles. The highest BCUT2D eigenvalue weighted by atomic mass is 32.2. The van der Waals surface area contributed by atoms with Gasteiger partial charge in [0.2, 0.25) is 0 Å². The van der Waals surface area contributed by atoms with Crippen LogP contribution in [0.3, 0.4) is 0 Å². The molecular weight excluding hydrogens is 355 g/mol. The van der Waals surface area contributed by atoms with E-state index < -0.39 is 5.91 Å². The number of hydrogen-bond donors (Lipinski definition) is 1. The molecule has 0 radical (unpaired) electrons. The van der Waals surface area contributed by atoms with Gasteiger partial charge in [0.15, 0.2) is 0 Å². The van der Waals surface area contributed by atoms with Crippen LogP contribution in [0.2, 0.25) is 0 Å². The SMILES string of the molecule is COc1ccccc1/C=C1/SC(=O)N(CNc2cc(F)ccc2C)C1=O. The summed E-state index contributed by atoms with van der Waals surface area (Å²) in [6, 6.07) is 11.6. The van der Waals surface area contributed by atoms with Crippen LogP contribution in [0.25, 0.3) is 6.08 Å². The Hall–Kier alpha value is -2.80. The Morgan fingerprint density at radius 1 is 1.23 bits per heavy atom. The van der Waals surface area contributed by atoms with Crippen molar-refractivity contribution in [3.8, 4) is 5.75 Å². The number of nitrogens with one attached hydrogen (secondary N) is 1. The molecule has 2 amide bonds. The van der Waals surface area contributed by atoms with Gasteiger partial charge in [-0.15, -0.1) is 0 Å². The van der Waals surface area contributed by atoms with E-state index in [1.54, 1.807) is 31.4 Å². The summed E-state index contributed by atoms with van der Waals surface area (Å²) < 4.78 is 18.6. The number of nitrogens with zero attached hydrogens (tertiary/aromatic N) is 1. The molecule has 1 saturated heterocycles. The van der Waals surface area contributed by atoms with E-state index in [4.69, 9.17) is 4.74 Å². The van der Waals surface area contributed by atoms with Gasteiger partial charge in [-0.05, 0) is 48.5 Å². The molecular formula is C19H17FN2O3S. The van der Waals surface area contributed by atoms with Crippen molar-refractivity contribution in [3.05, 3.63) is 64.3 Å². The highest BCUT2D eigenvalue weighted by molar-refractivity contribution is 8.18. The van der Waals surface area contributed by atoms with Crippen LogP contribution in [0.15, 0.2) is 47.4 Å². The van der Waals surface area contributed by atoms with Crippen LogP contribution in [0.5, 0.6) is 5.75 Å². The molecule has 26 heavy (non-hydrogen) atoms. The highest BCUT2D eigenvalue weighted by Crippen LogP contribution is 2.33. The summed E-state index contributed by atoms with van der Waals surface area (Å²) in [6.07, 6.45) is 1.64. The number of aryl methyl sites for hydroxylation is 1. The first-order chi connectivity index (χ1) is 12.5. The third-order valence-electron chi connectivity index (χ3n) is 3.93. The zero-order chi connectivity index (χ0) is 18.7. The first kappa shape index (κ1) is 18.0. The van der Waals surface area contributed by atoms with Gasteiger partial charge in [-0.1, -0.05) is 24.3 Å². The molecule has 5 nitrogen and oxygen atoms in total. The summed E-state index contributed by atoms with van der Waals surface area (Å²) in [5, 5.41) is 2.57. The van der Waals surface area contributed by atoms with Crippen LogP contribution in [0, 0.1) is 12.7 Å². The molecule has 0 saturated carbocycles. The Morgan fingerprint density at radius 3 is 2.77 bits per heavy atom. The second-order valence-electron chi connectivity index (χ2n) is 5.65. The van der Waals surface area contributed by atoms with Crippen molar-refractivity contribution in [1.82, 2.24) is 4.90 Å². The molecule has 3 rings (SSSR count). The summed E-state index contributed by atoms with van der Waals surface area (Å²) in [7, 11) is 1.55. The fraction of sp³-hybridized carbons (Fsp3) is 0.158. The number of carbonyl (C=O) groups is 2. The van der Waals surface area contributed by atoms with Gasteiger partial charge in [0.1, 0.15) is 11.6 Å². The van der Waals surface area contributed by atoms with Gasteiger partial charge < -0.3 is 10.1 Å². The number of amides is 2. The number of hydrogen-bond acceptors (Lipinski definition) is 5. The predicted octanol–water partition coefficient (Wildman–Crippen LogP) is 4.25. The number of imide groups is 1. The number of para-hydroxylation sites is 1. The maximum absolute atomic E-state index is 13.4. The largest absolute Gasteiger partial charge is 0.496 e. The number of halogens is 1. The number of carbonyl (C=O) groups excluding carboxylic acids is 2. The van der Waals surface area contributed by atoms with Gasteiger partial charge in [-0.3, -0.25) is 14.5 Å². The number of anilines is 1. The van der Waals surface area contributed by atoms with Crippen molar-refractivity contribution in [3.63, 3.8) is 0 Å². The molecule has 1 aliphatic rings. The molecule has 1 aliphatic heterocycles. The van der Waals surface area contributed by atoms with E-state index in [1.165, 1.54) is 12.1 Å². The van der Waals surface area contributed by atoms with Gasteiger partial charge in [-0.2, -0.15) is 0 Å². The summed E-state index contributed by atoms with van der Waals surface area (Å²) in [6.45, 7) is 1.79. The Kier molecular flexibility index (Phi) is 5.27. The van der Waals surface area contributed by atoms with Crippen molar-refractivity contribution >= 4 is 34.7 Å². The lowest BCUT2D eigenvalue weighted by atomic mass is 10.2. The molecule has 0 atom stereocenters. The second-order valence-corrected chi connectivity index (χ2v) is 6.64. The fourth-order valence-corrected chi connectivity index (χ4v) is 3.34. The van der Waals surface area contributed by atoms with Gasteiger partial charge in [0.05, 0.1) is 18.7 Å². The molecule has 134 valence electrons. The lowest BCUT2D eigenvalue weighted by Gasteiger charge is -2.16. The van der Waals surface area contributed by atoms with Crippen molar-refractivity contribution in [2.45, 2.75) is 6.92 Å². The van der Waals surface area contributed by atoms with Gasteiger partial charge in [0, 0.05) is 11.3 Å². The normalized spacial score (nSPS) is 15.7. The van der Waals surface area contributed by atoms with Crippen molar-refractivity contribution < 1.29 is 18.7 Å². The number of benzene rings is 2. The molecule has 1 fully saturated rings. The monoisotopic (exact) mass is 372 g/mol. The van der Waals surface area contributed by atoms with E-state index in [2.05, 4.69) is 5.32 Å². The van der Waals surface area contributed by atoms with E-state index in [1.807, 2.05) is 19.1 Å². The first-order valence-corrected chi connectivity index (χ1v) is 8.69. The maximum Gasteiger partial charge on any atom is 0.295 e. The summed E-state index contributed by atoms with van der Waals surface area (Å²) in [4.78, 5) is 26.2. The van der Waals surface area contributed by atoms with Crippen LogP contribution in [0.1, 0.15) is 11.1 Å². The molecule has 1 N–H and O–H groups in total. The van der Waals surface area contributed by atoms with Crippen LogP contribution in [-0.4, -0.2) is 29.8 Å². The molecule has 2 aromatic carbocycles. The lowest BCUT2D eigenvalue weighted by molar-refractivity contribution is -0.122. The van der Waals surface area contributed by atoms with Crippen LogP contribution in [0.4, 0.5) is 14.9 Å². The highest BCUT2D eigenvalue weighted by Gasteiger charge is 2.35. The zero-order valence-corrected chi connectivity index (χ0v) is 15.1. The first-order valence-electron chi connectivity index (χ1n) is 7.88. The minimum absolute atomic E-state index is 0.0295. The number of thioether (sulfide) groups is 1. The lowest BCUT2D eigenvalue weighted by Crippen LogP contribution is -2.33. The minimum atomic E-state index is -0.396. The summed E-state index contributed by atoms with van der Waals surface area (Å²) >= 11 is 0.867. The van der Waals surface area contributed by atoms with Crippen molar-refractivity contribution in [2.75, 3.05) is 19.1 Å². The van der Waals surface area contributed by atoms with E-state index in [0.29, 0.717) is 16.3 Å². The summed E-state index contributed by atoms with van der Waals surface area (Å²) in [5.41, 5.74) is 2.08. The van der Waals surface area contributed by atoms with Gasteiger partial charge in [0.25, 0.3) is 11.1 Å². The Labute approximate surface area is 154 Å². The zero-order valence-electron chi connectivity index (χ0n) is 14.3. The molecule has 0 spiro atoms. The van der Waals surface area contributed by atoms with Gasteiger partial charge >= 0.3 is 0 Å². The number of rotatable bonds is 5. The smallest absolute Gasteiger partial charge is 0.295 e. The Bertz CT molecular complexity index is 898. The average molecular weight is 372 g/mol. The Balaban J connectivity index is 1.77. The quantitative estimate of drug-likeness (QED) is 0.795. The number of ether oxygens (including phenoxy) is 1.